The van der Waals surface area contributed by atoms with Gasteiger partial charge in [0.05, 0.1) is 12.6 Å². The second-order valence-electron chi connectivity index (χ2n) is 7.42. The molecule has 0 saturated carbocycles. The number of rotatable bonds is 7. The fourth-order valence-corrected chi connectivity index (χ4v) is 3.36. The van der Waals surface area contributed by atoms with E-state index in [9.17, 15) is 9.59 Å². The predicted octanol–water partition coefficient (Wildman–Crippen LogP) is 2.79. The maximum atomic E-state index is 13.0. The van der Waals surface area contributed by atoms with E-state index in [1.54, 1.807) is 11.9 Å². The normalized spacial score (nSPS) is 18.8. The van der Waals surface area contributed by atoms with Gasteiger partial charge >= 0.3 is 0 Å². The van der Waals surface area contributed by atoms with Gasteiger partial charge in [-0.15, -0.1) is 0 Å². The summed E-state index contributed by atoms with van der Waals surface area (Å²) in [4.78, 5) is 26.4. The molecule has 1 fully saturated rings. The molecule has 1 aliphatic heterocycles. The summed E-state index contributed by atoms with van der Waals surface area (Å²) in [5.74, 6) is 0.513. The minimum absolute atomic E-state index is 0.108. The quantitative estimate of drug-likeness (QED) is 0.731. The molecule has 29 heavy (non-hydrogen) atoms. The smallest absolute Gasteiger partial charge is 0.253 e. The van der Waals surface area contributed by atoms with Crippen LogP contribution in [0.2, 0.25) is 0 Å². The summed E-state index contributed by atoms with van der Waals surface area (Å²) in [6, 6.07) is 15.1. The van der Waals surface area contributed by atoms with E-state index < -0.39 is 12.1 Å². The van der Waals surface area contributed by atoms with E-state index in [0.29, 0.717) is 19.6 Å². The van der Waals surface area contributed by atoms with Gasteiger partial charge in [-0.05, 0) is 43.0 Å². The first-order valence-electron chi connectivity index (χ1n) is 9.86. The van der Waals surface area contributed by atoms with Crippen molar-refractivity contribution in [1.29, 1.82) is 0 Å². The number of ether oxygens (including phenoxy) is 2. The summed E-state index contributed by atoms with van der Waals surface area (Å²) < 4.78 is 11.5. The molecule has 0 radical (unpaired) electrons. The third kappa shape index (κ3) is 5.35. The lowest BCUT2D eigenvalue weighted by atomic mass is 9.99. The van der Waals surface area contributed by atoms with Crippen molar-refractivity contribution in [3.05, 3.63) is 65.2 Å². The minimum atomic E-state index is -0.736. The van der Waals surface area contributed by atoms with Crippen LogP contribution in [-0.4, -0.2) is 49.6 Å². The Morgan fingerprint density at radius 3 is 2.72 bits per heavy atom. The molecule has 1 heterocycles. The third-order valence-electron chi connectivity index (χ3n) is 5.03. The van der Waals surface area contributed by atoms with Crippen LogP contribution >= 0.6 is 0 Å². The van der Waals surface area contributed by atoms with Gasteiger partial charge in [-0.25, -0.2) is 0 Å². The first-order chi connectivity index (χ1) is 14.0. The van der Waals surface area contributed by atoms with E-state index in [2.05, 4.69) is 11.4 Å². The molecule has 2 atom stereocenters. The van der Waals surface area contributed by atoms with Crippen LogP contribution in [0.5, 0.6) is 5.75 Å². The van der Waals surface area contributed by atoms with Crippen LogP contribution in [0.3, 0.4) is 0 Å². The molecule has 6 heteroatoms. The van der Waals surface area contributed by atoms with E-state index in [1.807, 2.05) is 56.3 Å². The van der Waals surface area contributed by atoms with Gasteiger partial charge in [0, 0.05) is 13.6 Å². The number of hydrogen-bond acceptors (Lipinski definition) is 4. The highest BCUT2D eigenvalue weighted by molar-refractivity contribution is 5.86. The summed E-state index contributed by atoms with van der Waals surface area (Å²) in [6.45, 7) is 5.00. The molecule has 0 bridgehead atoms. The molecule has 1 N–H and O–H groups in total. The SMILES string of the molecule is Cc1ccc(C)c(OCCCN(C)C(=O)[C@H]2OCC(=O)N[C@@H]2c2ccccc2)c1. The summed E-state index contributed by atoms with van der Waals surface area (Å²) in [5, 5.41) is 2.88. The van der Waals surface area contributed by atoms with Gasteiger partial charge in [0.15, 0.2) is 6.10 Å². The molecule has 6 nitrogen and oxygen atoms in total. The van der Waals surface area contributed by atoms with Crippen LogP contribution in [0, 0.1) is 13.8 Å². The minimum Gasteiger partial charge on any atom is -0.493 e. The van der Waals surface area contributed by atoms with Crippen molar-refractivity contribution in [2.75, 3.05) is 26.8 Å². The van der Waals surface area contributed by atoms with Crippen molar-refractivity contribution in [2.45, 2.75) is 32.4 Å². The number of likely N-dealkylation sites (N-methyl/N-ethyl adjacent to an activating group) is 1. The number of carbonyl (C=O) groups is 2. The Morgan fingerprint density at radius 2 is 1.97 bits per heavy atom. The second-order valence-corrected chi connectivity index (χ2v) is 7.42. The van der Waals surface area contributed by atoms with Crippen molar-refractivity contribution < 1.29 is 19.1 Å². The van der Waals surface area contributed by atoms with Gasteiger partial charge in [0.1, 0.15) is 12.4 Å². The average molecular weight is 396 g/mol. The van der Waals surface area contributed by atoms with Gasteiger partial charge in [-0.3, -0.25) is 9.59 Å². The first kappa shape index (κ1) is 20.9. The molecule has 0 unspecified atom stereocenters. The number of nitrogens with one attached hydrogen (secondary N) is 1. The van der Waals surface area contributed by atoms with Gasteiger partial charge in [-0.2, -0.15) is 0 Å². The molecule has 2 aromatic carbocycles. The van der Waals surface area contributed by atoms with Crippen LogP contribution in [0.15, 0.2) is 48.5 Å². The molecule has 2 aromatic rings. The van der Waals surface area contributed by atoms with Crippen LogP contribution in [0.25, 0.3) is 0 Å². The fourth-order valence-electron chi connectivity index (χ4n) is 3.36. The molecular weight excluding hydrogens is 368 g/mol. The standard InChI is InChI=1S/C23H28N2O4/c1-16-10-11-17(2)19(14-16)28-13-7-12-25(3)23(27)22-21(24-20(26)15-29-22)18-8-5-4-6-9-18/h4-6,8-11,14,21-22H,7,12-13,15H2,1-3H3,(H,24,26)/t21-,22+/m1/s1. The number of carbonyl (C=O) groups excluding carboxylic acids is 2. The Kier molecular flexibility index (Phi) is 6.88. The highest BCUT2D eigenvalue weighted by atomic mass is 16.5. The maximum absolute atomic E-state index is 13.0. The molecule has 1 saturated heterocycles. The van der Waals surface area contributed by atoms with Gasteiger partial charge in [0.2, 0.25) is 5.91 Å². The molecule has 0 aliphatic carbocycles. The van der Waals surface area contributed by atoms with E-state index >= 15 is 0 Å². The summed E-state index contributed by atoms with van der Waals surface area (Å²) in [5.41, 5.74) is 3.10. The Bertz CT molecular complexity index is 853. The molecule has 3 rings (SSSR count). The summed E-state index contributed by atoms with van der Waals surface area (Å²) in [6.07, 6.45) is -0.0370. The highest BCUT2D eigenvalue weighted by Crippen LogP contribution is 2.24. The molecule has 1 aliphatic rings. The molecular formula is C23H28N2O4. The predicted molar refractivity (Wildman–Crippen MR) is 111 cm³/mol. The zero-order valence-corrected chi connectivity index (χ0v) is 17.2. The first-order valence-corrected chi connectivity index (χ1v) is 9.86. The van der Waals surface area contributed by atoms with E-state index in [0.717, 1.165) is 22.4 Å². The lowest BCUT2D eigenvalue weighted by Gasteiger charge is -2.34. The van der Waals surface area contributed by atoms with E-state index in [4.69, 9.17) is 9.47 Å². The third-order valence-corrected chi connectivity index (χ3v) is 5.03. The molecule has 0 aromatic heterocycles. The zero-order valence-electron chi connectivity index (χ0n) is 17.2. The summed E-state index contributed by atoms with van der Waals surface area (Å²) in [7, 11) is 1.75. The van der Waals surface area contributed by atoms with E-state index in [1.165, 1.54) is 0 Å². The average Bonchev–Trinajstić information content (AvgIpc) is 2.73. The topological polar surface area (TPSA) is 67.9 Å². The van der Waals surface area contributed by atoms with Gasteiger partial charge in [-0.1, -0.05) is 42.5 Å². The maximum Gasteiger partial charge on any atom is 0.253 e. The number of benzene rings is 2. The van der Waals surface area contributed by atoms with Crippen LogP contribution in [0.1, 0.15) is 29.2 Å². The Hall–Kier alpha value is -2.86. The number of nitrogens with zero attached hydrogens (tertiary/aromatic N) is 1. The van der Waals surface area contributed by atoms with Crippen LogP contribution in [0.4, 0.5) is 0 Å². The molecule has 154 valence electrons. The Labute approximate surface area is 171 Å². The summed E-state index contributed by atoms with van der Waals surface area (Å²) >= 11 is 0. The Morgan fingerprint density at radius 1 is 1.21 bits per heavy atom. The molecule has 2 amide bonds. The number of morpholine rings is 1. The van der Waals surface area contributed by atoms with Crippen molar-refractivity contribution in [3.63, 3.8) is 0 Å². The lowest BCUT2D eigenvalue weighted by molar-refractivity contribution is -0.154. The van der Waals surface area contributed by atoms with Crippen molar-refractivity contribution in [3.8, 4) is 5.75 Å². The fraction of sp³-hybridized carbons (Fsp3) is 0.391. The van der Waals surface area contributed by atoms with Crippen molar-refractivity contribution in [2.24, 2.45) is 0 Å². The lowest BCUT2D eigenvalue weighted by Crippen LogP contribution is -2.52. The van der Waals surface area contributed by atoms with Crippen LogP contribution < -0.4 is 10.1 Å². The monoisotopic (exact) mass is 396 g/mol. The Balaban J connectivity index is 1.55. The number of aryl methyl sites for hydroxylation is 2. The van der Waals surface area contributed by atoms with Crippen molar-refractivity contribution >= 4 is 11.8 Å². The van der Waals surface area contributed by atoms with Crippen molar-refractivity contribution in [1.82, 2.24) is 10.2 Å². The molecule has 0 spiro atoms. The van der Waals surface area contributed by atoms with Crippen LogP contribution in [-0.2, 0) is 14.3 Å². The highest BCUT2D eigenvalue weighted by Gasteiger charge is 2.37. The zero-order chi connectivity index (χ0) is 20.8. The number of amides is 2. The second kappa shape index (κ2) is 9.56. The largest absolute Gasteiger partial charge is 0.493 e. The van der Waals surface area contributed by atoms with Gasteiger partial charge < -0.3 is 19.7 Å². The van der Waals surface area contributed by atoms with Gasteiger partial charge in [0.25, 0.3) is 5.91 Å². The number of hydrogen-bond donors (Lipinski definition) is 1. The van der Waals surface area contributed by atoms with E-state index in [-0.39, 0.29) is 18.4 Å².